The maximum absolute atomic E-state index is 14.3. The van der Waals surface area contributed by atoms with Crippen molar-refractivity contribution < 1.29 is 105 Å². The van der Waals surface area contributed by atoms with Crippen molar-refractivity contribution in [2.24, 2.45) is 0 Å². The number of aromatic nitrogens is 3. The van der Waals surface area contributed by atoms with Gasteiger partial charge in [0.25, 0.3) is 0 Å². The van der Waals surface area contributed by atoms with Crippen LogP contribution in [0.5, 0.6) is 0 Å². The number of nitriles is 1. The van der Waals surface area contributed by atoms with Gasteiger partial charge in [-0.3, -0.25) is 4.57 Å². The van der Waals surface area contributed by atoms with Crippen LogP contribution in [0.3, 0.4) is 0 Å². The molecule has 0 saturated heterocycles. The van der Waals surface area contributed by atoms with Crippen LogP contribution in [-0.2, 0) is 49.4 Å². The minimum absolute atomic E-state index is 0.0139. The van der Waals surface area contributed by atoms with Crippen LogP contribution in [0, 0.1) is 11.3 Å². The largest absolute Gasteiger partial charge is 0.416 e. The van der Waals surface area contributed by atoms with E-state index in [4.69, 9.17) is 4.98 Å². The molecule has 28 heteroatoms. The number of hydrogen-bond donors (Lipinski definition) is 0. The zero-order valence-electron chi connectivity index (χ0n) is 47.2. The SMILES string of the molecule is N#Cc1ccccc1-c1cc(-n2c3ccc(-c4cc(C(F)(F)F)cc(C(F)(F)F)c4)cc3c3cc(-c4cc(C(F)(F)F)cc(C(F)(F)F)c4)ccc32)ncc1-n1c2ccc(-c3cc(C(F)(F)F)cc(C(F)(F)F)c3)cc2c2cc(-c3cc(C(F)(F)F)cc(C(F)(F)F)c3)ccc21. The number of rotatable bonds is 7. The Hall–Kier alpha value is -10.5. The molecule has 0 amide bonds. The summed E-state index contributed by atoms with van der Waals surface area (Å²) in [5.41, 5.74) is -18.0. The average molecular weight is 1360 g/mol. The van der Waals surface area contributed by atoms with Crippen LogP contribution in [0.2, 0.25) is 0 Å². The summed E-state index contributed by atoms with van der Waals surface area (Å²) in [6, 6.07) is 25.4. The molecule has 0 unspecified atom stereocenters. The van der Waals surface area contributed by atoms with E-state index >= 15 is 0 Å². The van der Waals surface area contributed by atoms with Gasteiger partial charge in [0.1, 0.15) is 5.82 Å². The quantitative estimate of drug-likeness (QED) is 0.149. The third kappa shape index (κ3) is 12.3. The van der Waals surface area contributed by atoms with Crippen LogP contribution in [-0.4, -0.2) is 14.1 Å². The molecule has 12 rings (SSSR count). The molecule has 0 fully saturated rings. The smallest absolute Gasteiger partial charge is 0.307 e. The number of hydrogen-bond acceptors (Lipinski definition) is 2. The highest BCUT2D eigenvalue weighted by Gasteiger charge is 2.42. The Kier molecular flexibility index (Phi) is 15.3. The van der Waals surface area contributed by atoms with Gasteiger partial charge in [-0.25, -0.2) is 4.98 Å². The second-order valence-electron chi connectivity index (χ2n) is 22.0. The fraction of sp³-hybridized carbons (Fsp3) is 0.118. The number of halogens is 24. The number of nitrogens with zero attached hydrogens (tertiary/aromatic N) is 4. The molecule has 0 aliphatic heterocycles. The molecule has 3 aromatic heterocycles. The van der Waals surface area contributed by atoms with Crippen molar-refractivity contribution in [3.05, 3.63) is 232 Å². The minimum Gasteiger partial charge on any atom is -0.307 e. The molecule has 0 N–H and O–H groups in total. The number of benzene rings is 9. The highest BCUT2D eigenvalue weighted by molar-refractivity contribution is 6.13. The van der Waals surface area contributed by atoms with Gasteiger partial charge in [-0.05, 0) is 178 Å². The van der Waals surface area contributed by atoms with Gasteiger partial charge in [0.05, 0.1) is 90.1 Å². The van der Waals surface area contributed by atoms with E-state index in [0.29, 0.717) is 48.5 Å². The molecule has 96 heavy (non-hydrogen) atoms. The van der Waals surface area contributed by atoms with Crippen molar-refractivity contribution in [3.8, 4) is 73.2 Å². The lowest BCUT2D eigenvalue weighted by Gasteiger charge is -2.18. The fourth-order valence-corrected chi connectivity index (χ4v) is 11.5. The molecule has 0 spiro atoms. The second-order valence-corrected chi connectivity index (χ2v) is 22.0. The summed E-state index contributed by atoms with van der Waals surface area (Å²) in [4.78, 5) is 4.74. The normalized spacial score (nSPS) is 13.2. The summed E-state index contributed by atoms with van der Waals surface area (Å²) < 4.78 is 345. The van der Waals surface area contributed by atoms with Crippen molar-refractivity contribution >= 4 is 43.6 Å². The van der Waals surface area contributed by atoms with E-state index in [-0.39, 0.29) is 118 Å². The molecule has 4 nitrogen and oxygen atoms in total. The minimum atomic E-state index is -5.35. The monoisotopic (exact) mass is 1360 g/mol. The van der Waals surface area contributed by atoms with Crippen molar-refractivity contribution in [1.29, 1.82) is 5.26 Å². The zero-order chi connectivity index (χ0) is 69.5. The summed E-state index contributed by atoms with van der Waals surface area (Å²) in [5, 5.41) is 10.2. The van der Waals surface area contributed by atoms with E-state index in [0.717, 1.165) is 54.7 Å². The predicted octanol–water partition coefficient (Wildman–Crippen LogP) is 23.6. The molecule has 0 aliphatic rings. The summed E-state index contributed by atoms with van der Waals surface area (Å²) in [6.45, 7) is 0. The Morgan fingerprint density at radius 1 is 0.271 bits per heavy atom. The molecular formula is C68H30F24N4. The van der Waals surface area contributed by atoms with E-state index in [1.165, 1.54) is 63.7 Å². The summed E-state index contributed by atoms with van der Waals surface area (Å²) in [5.74, 6) is -0.195. The molecule has 0 saturated carbocycles. The van der Waals surface area contributed by atoms with Crippen molar-refractivity contribution in [1.82, 2.24) is 14.1 Å². The molecule has 3 heterocycles. The van der Waals surface area contributed by atoms with Crippen LogP contribution in [0.15, 0.2) is 182 Å². The second kappa shape index (κ2) is 22.3. The first-order valence-electron chi connectivity index (χ1n) is 27.4. The lowest BCUT2D eigenvalue weighted by molar-refractivity contribution is -0.144. The van der Waals surface area contributed by atoms with Crippen molar-refractivity contribution in [3.63, 3.8) is 0 Å². The van der Waals surface area contributed by atoms with Gasteiger partial charge in [0, 0.05) is 32.7 Å². The van der Waals surface area contributed by atoms with Crippen molar-refractivity contribution in [2.45, 2.75) is 49.4 Å². The van der Waals surface area contributed by atoms with Crippen LogP contribution in [0.25, 0.3) is 111 Å². The Labute approximate surface area is 521 Å². The first-order chi connectivity index (χ1) is 44.5. The third-order valence-electron chi connectivity index (χ3n) is 15.9. The highest BCUT2D eigenvalue weighted by atomic mass is 19.4. The first-order valence-corrected chi connectivity index (χ1v) is 27.4. The first kappa shape index (κ1) is 65.6. The van der Waals surface area contributed by atoms with Crippen LogP contribution in [0.4, 0.5) is 105 Å². The Morgan fingerprint density at radius 2 is 0.531 bits per heavy atom. The van der Waals surface area contributed by atoms with Gasteiger partial charge in [-0.1, -0.05) is 42.5 Å². The van der Waals surface area contributed by atoms with E-state index in [9.17, 15) is 111 Å². The van der Waals surface area contributed by atoms with Gasteiger partial charge in [-0.2, -0.15) is 111 Å². The maximum atomic E-state index is 14.3. The van der Waals surface area contributed by atoms with E-state index in [1.54, 1.807) is 0 Å². The van der Waals surface area contributed by atoms with E-state index in [1.807, 2.05) is 6.07 Å². The molecule has 0 aliphatic carbocycles. The van der Waals surface area contributed by atoms with Gasteiger partial charge in [0.15, 0.2) is 0 Å². The summed E-state index contributed by atoms with van der Waals surface area (Å²) in [6.07, 6.45) is -41.6. The molecule has 9 aromatic carbocycles. The molecular weight excluding hydrogens is 1330 g/mol. The van der Waals surface area contributed by atoms with Crippen LogP contribution < -0.4 is 0 Å². The van der Waals surface area contributed by atoms with E-state index < -0.39 is 116 Å². The summed E-state index contributed by atoms with van der Waals surface area (Å²) >= 11 is 0. The summed E-state index contributed by atoms with van der Waals surface area (Å²) in [7, 11) is 0. The number of fused-ring (bicyclic) bond motifs is 6. The van der Waals surface area contributed by atoms with Gasteiger partial charge in [-0.15, -0.1) is 0 Å². The predicted molar refractivity (Wildman–Crippen MR) is 305 cm³/mol. The van der Waals surface area contributed by atoms with E-state index in [2.05, 4.69) is 0 Å². The van der Waals surface area contributed by atoms with Crippen molar-refractivity contribution in [2.75, 3.05) is 0 Å². The Balaban J connectivity index is 1.15. The number of alkyl halides is 24. The van der Waals surface area contributed by atoms with Gasteiger partial charge in [0.2, 0.25) is 0 Å². The Morgan fingerprint density at radius 3 is 0.792 bits per heavy atom. The van der Waals surface area contributed by atoms with Crippen LogP contribution in [0.1, 0.15) is 50.1 Å². The molecule has 12 aromatic rings. The lowest BCUT2D eigenvalue weighted by Crippen LogP contribution is -2.11. The van der Waals surface area contributed by atoms with Gasteiger partial charge < -0.3 is 4.57 Å². The fourth-order valence-electron chi connectivity index (χ4n) is 11.5. The molecule has 0 radical (unpaired) electrons. The van der Waals surface area contributed by atoms with Crippen LogP contribution >= 0.6 is 0 Å². The lowest BCUT2D eigenvalue weighted by atomic mass is 9.96. The standard InChI is InChI=1S/C68H30F24N4/c69-61(70,71)41-13-37(14-42(25-41)62(72,73)74)32-5-9-55-50(21-32)51-22-33(38-15-43(63(75,76)77)26-44(16-38)64(78,79)80)6-10-56(51)95(55)59-31-94-60(29-54(59)49-4-2-1-3-36(49)30-93)96-57-11-7-34(39-17-45(65(81,82)83)27-46(18-39)66(84,85)86)23-52(57)53-24-35(8-12-58(53)96)40-19-47(67(87,88)89)28-48(20-40)68(90,91)92/h1-29,31H. The highest BCUT2D eigenvalue weighted by Crippen LogP contribution is 2.48. The average Bonchev–Trinajstić information content (AvgIpc) is 1.57. The topological polar surface area (TPSA) is 46.5 Å². The molecule has 0 bridgehead atoms. The molecule has 490 valence electrons. The Bertz CT molecular complexity index is 4800. The number of pyridine rings is 1. The zero-order valence-corrected chi connectivity index (χ0v) is 47.2. The molecule has 0 atom stereocenters. The maximum Gasteiger partial charge on any atom is 0.416 e. The van der Waals surface area contributed by atoms with Gasteiger partial charge >= 0.3 is 49.4 Å². The third-order valence-corrected chi connectivity index (χ3v) is 15.9.